The van der Waals surface area contributed by atoms with Crippen LogP contribution in [0.4, 0.5) is 10.5 Å². The van der Waals surface area contributed by atoms with Gasteiger partial charge in [-0.2, -0.15) is 5.06 Å². The van der Waals surface area contributed by atoms with Gasteiger partial charge in [-0.05, 0) is 69.9 Å². The molecule has 0 fully saturated rings. The molecule has 8 heteroatoms. The summed E-state index contributed by atoms with van der Waals surface area (Å²) in [6.45, 7) is 7.44. The number of hydrogen-bond donors (Lipinski definition) is 0. The number of nitrogens with zero attached hydrogens (tertiary/aromatic N) is 1. The zero-order chi connectivity index (χ0) is 23.9. The van der Waals surface area contributed by atoms with E-state index < -0.39 is 11.7 Å². The molecule has 0 heterocycles. The van der Waals surface area contributed by atoms with Gasteiger partial charge in [0.25, 0.3) is 0 Å². The number of hydroxylamine groups is 1. The maximum absolute atomic E-state index is 12.8. The van der Waals surface area contributed by atoms with Gasteiger partial charge >= 0.3 is 12.1 Å². The van der Waals surface area contributed by atoms with Crippen LogP contribution in [0, 0.1) is 0 Å². The third-order valence-electron chi connectivity index (χ3n) is 4.43. The molecule has 0 saturated heterocycles. The first-order valence-corrected chi connectivity index (χ1v) is 11.1. The number of carbonyl (C=O) groups excluding carboxylic acids is 2. The molecule has 0 aliphatic carbocycles. The Kier molecular flexibility index (Phi) is 9.37. The number of ether oxygens (including phenoxy) is 2. The summed E-state index contributed by atoms with van der Waals surface area (Å²) in [5.41, 5.74) is 1.94. The molecule has 0 spiro atoms. The van der Waals surface area contributed by atoms with Crippen molar-refractivity contribution in [1.82, 2.24) is 0 Å². The Labute approximate surface area is 199 Å². The highest BCUT2D eigenvalue weighted by Crippen LogP contribution is 2.38. The Morgan fingerprint density at radius 1 is 1.06 bits per heavy atom. The Hall–Kier alpha value is -2.28. The van der Waals surface area contributed by atoms with E-state index in [-0.39, 0.29) is 12.4 Å². The molecule has 32 heavy (non-hydrogen) atoms. The number of halogens is 2. The van der Waals surface area contributed by atoms with Gasteiger partial charge in [0.15, 0.2) is 0 Å². The molecule has 6 nitrogen and oxygen atoms in total. The molecule has 0 aromatic heterocycles. The predicted molar refractivity (Wildman–Crippen MR) is 127 cm³/mol. The van der Waals surface area contributed by atoms with Gasteiger partial charge in [0.1, 0.15) is 5.60 Å². The normalized spacial score (nSPS) is 11.2. The lowest BCUT2D eigenvalue weighted by atomic mass is 9.99. The van der Waals surface area contributed by atoms with E-state index in [4.69, 9.17) is 37.5 Å². The summed E-state index contributed by atoms with van der Waals surface area (Å²) in [6.07, 6.45) is 0.677. The van der Waals surface area contributed by atoms with Crippen LogP contribution in [0.25, 0.3) is 11.1 Å². The zero-order valence-corrected chi connectivity index (χ0v) is 20.5. The maximum Gasteiger partial charge on any atom is 0.439 e. The van der Waals surface area contributed by atoms with Gasteiger partial charge in [-0.25, -0.2) is 4.79 Å². The topological polar surface area (TPSA) is 65.1 Å². The number of rotatable bonds is 8. The molecule has 2 aromatic rings. The van der Waals surface area contributed by atoms with Crippen molar-refractivity contribution in [3.8, 4) is 11.1 Å². The molecule has 0 bridgehead atoms. The van der Waals surface area contributed by atoms with E-state index in [9.17, 15) is 9.59 Å². The van der Waals surface area contributed by atoms with Crippen LogP contribution in [0.15, 0.2) is 36.4 Å². The first-order chi connectivity index (χ1) is 15.1. The van der Waals surface area contributed by atoms with E-state index in [1.165, 1.54) is 7.11 Å². The quantitative estimate of drug-likeness (QED) is 0.304. The van der Waals surface area contributed by atoms with Crippen molar-refractivity contribution in [2.45, 2.75) is 52.6 Å². The van der Waals surface area contributed by atoms with Crippen LogP contribution in [0.5, 0.6) is 0 Å². The minimum absolute atomic E-state index is 0.260. The smallest absolute Gasteiger partial charge is 0.439 e. The van der Waals surface area contributed by atoms with Gasteiger partial charge < -0.3 is 9.47 Å². The van der Waals surface area contributed by atoms with Crippen LogP contribution in [0.1, 0.15) is 46.1 Å². The SMILES string of the molecule is CCOC(=O)CCCc1ccc(-c2c(Cl)cccc2Cl)cc1N(OC)C(=O)OC(C)(C)C. The van der Waals surface area contributed by atoms with Crippen LogP contribution in [0.3, 0.4) is 0 Å². The Morgan fingerprint density at radius 3 is 2.28 bits per heavy atom. The number of anilines is 1. The van der Waals surface area contributed by atoms with E-state index in [2.05, 4.69) is 0 Å². The van der Waals surface area contributed by atoms with Gasteiger partial charge in [0.05, 0.1) is 19.4 Å². The highest BCUT2D eigenvalue weighted by Gasteiger charge is 2.26. The predicted octanol–water partition coefficient (Wildman–Crippen LogP) is 6.85. The Bertz CT molecular complexity index is 936. The molecule has 0 atom stereocenters. The molecule has 0 aliphatic rings. The van der Waals surface area contributed by atoms with E-state index in [0.717, 1.165) is 16.2 Å². The molecule has 0 saturated carbocycles. The fourth-order valence-electron chi connectivity index (χ4n) is 3.12. The van der Waals surface area contributed by atoms with Gasteiger partial charge in [0, 0.05) is 22.0 Å². The summed E-state index contributed by atoms with van der Waals surface area (Å²) in [7, 11) is 1.39. The molecule has 2 aromatic carbocycles. The van der Waals surface area contributed by atoms with Crippen molar-refractivity contribution in [1.29, 1.82) is 0 Å². The Balaban J connectivity index is 2.46. The summed E-state index contributed by atoms with van der Waals surface area (Å²) >= 11 is 12.8. The molecule has 2 rings (SSSR count). The van der Waals surface area contributed by atoms with Crippen LogP contribution in [-0.2, 0) is 25.5 Å². The van der Waals surface area contributed by atoms with Crippen molar-refractivity contribution < 1.29 is 23.9 Å². The van der Waals surface area contributed by atoms with Crippen molar-refractivity contribution >= 4 is 41.0 Å². The number of hydrogen-bond acceptors (Lipinski definition) is 5. The van der Waals surface area contributed by atoms with Crippen molar-refractivity contribution in [3.63, 3.8) is 0 Å². The molecule has 1 amide bonds. The molecule has 174 valence electrons. The molecule has 0 radical (unpaired) electrons. The van der Waals surface area contributed by atoms with E-state index in [1.54, 1.807) is 52.0 Å². The summed E-state index contributed by atoms with van der Waals surface area (Å²) < 4.78 is 10.5. The fourth-order valence-corrected chi connectivity index (χ4v) is 3.74. The standard InChI is InChI=1S/C24H29Cl2NO5/c1-6-31-21(28)12-7-9-16-13-14-17(22-18(25)10-8-11-19(22)26)15-20(16)27(30-5)23(29)32-24(2,3)4/h8,10-11,13-15H,6-7,9,12H2,1-5H3. The van der Waals surface area contributed by atoms with Gasteiger partial charge in [-0.15, -0.1) is 0 Å². The number of esters is 1. The number of benzene rings is 2. The lowest BCUT2D eigenvalue weighted by molar-refractivity contribution is -0.143. The second-order valence-corrected chi connectivity index (χ2v) is 8.87. The fraction of sp³-hybridized carbons (Fsp3) is 0.417. The molecular weight excluding hydrogens is 453 g/mol. The van der Waals surface area contributed by atoms with Crippen molar-refractivity contribution in [2.75, 3.05) is 18.8 Å². The first kappa shape index (κ1) is 26.0. The second-order valence-electron chi connectivity index (χ2n) is 8.06. The third-order valence-corrected chi connectivity index (χ3v) is 5.06. The highest BCUT2D eigenvalue weighted by atomic mass is 35.5. The summed E-state index contributed by atoms with van der Waals surface area (Å²) in [6, 6.07) is 10.8. The summed E-state index contributed by atoms with van der Waals surface area (Å²) in [5, 5.41) is 2.07. The van der Waals surface area contributed by atoms with Crippen LogP contribution in [-0.4, -0.2) is 31.4 Å². The monoisotopic (exact) mass is 481 g/mol. The lowest BCUT2D eigenvalue weighted by Gasteiger charge is -2.27. The van der Waals surface area contributed by atoms with Gasteiger partial charge in [-0.3, -0.25) is 9.63 Å². The van der Waals surface area contributed by atoms with E-state index in [0.29, 0.717) is 40.7 Å². The molecule has 0 aliphatic heterocycles. The van der Waals surface area contributed by atoms with E-state index in [1.807, 2.05) is 12.1 Å². The average molecular weight is 482 g/mol. The van der Waals surface area contributed by atoms with Crippen LogP contribution < -0.4 is 5.06 Å². The Morgan fingerprint density at radius 2 is 1.72 bits per heavy atom. The lowest BCUT2D eigenvalue weighted by Crippen LogP contribution is -2.36. The van der Waals surface area contributed by atoms with Crippen LogP contribution >= 0.6 is 23.2 Å². The largest absolute Gasteiger partial charge is 0.466 e. The molecule has 0 unspecified atom stereocenters. The van der Waals surface area contributed by atoms with Gasteiger partial charge in [-0.1, -0.05) is 41.4 Å². The second kappa shape index (κ2) is 11.5. The minimum atomic E-state index is -0.707. The number of aryl methyl sites for hydroxylation is 1. The van der Waals surface area contributed by atoms with Crippen molar-refractivity contribution in [2.24, 2.45) is 0 Å². The average Bonchev–Trinajstić information content (AvgIpc) is 2.68. The maximum atomic E-state index is 12.8. The number of carbonyl (C=O) groups is 2. The molecular formula is C24H29Cl2NO5. The summed E-state index contributed by atoms with van der Waals surface area (Å²) in [4.78, 5) is 30.0. The zero-order valence-electron chi connectivity index (χ0n) is 19.0. The van der Waals surface area contributed by atoms with Crippen LogP contribution in [0.2, 0.25) is 10.0 Å². The summed E-state index contributed by atoms with van der Waals surface area (Å²) in [5.74, 6) is -0.260. The third kappa shape index (κ3) is 7.12. The van der Waals surface area contributed by atoms with E-state index >= 15 is 0 Å². The molecule has 0 N–H and O–H groups in total. The number of amides is 1. The van der Waals surface area contributed by atoms with Crippen molar-refractivity contribution in [3.05, 3.63) is 52.0 Å². The van der Waals surface area contributed by atoms with Gasteiger partial charge in [0.2, 0.25) is 0 Å². The highest BCUT2D eigenvalue weighted by molar-refractivity contribution is 6.39. The first-order valence-electron chi connectivity index (χ1n) is 10.4. The minimum Gasteiger partial charge on any atom is -0.466 e.